The number of ether oxygens (including phenoxy) is 1. The zero-order chi connectivity index (χ0) is 13.8. The molecular formula is C17H15Cl2NO. The van der Waals surface area contributed by atoms with Gasteiger partial charge < -0.3 is 4.74 Å². The minimum atomic E-state index is 0. The molecule has 0 atom stereocenters. The molecule has 108 valence electrons. The van der Waals surface area contributed by atoms with E-state index >= 15 is 0 Å². The van der Waals surface area contributed by atoms with Crippen molar-refractivity contribution in [3.8, 4) is 5.75 Å². The third-order valence-electron chi connectivity index (χ3n) is 3.12. The smallest absolute Gasteiger partial charge is 0.130 e. The molecule has 0 saturated heterocycles. The molecular weight excluding hydrogens is 305 g/mol. The minimum Gasteiger partial charge on any atom is -0.487 e. The average molecular weight is 320 g/mol. The number of fused-ring (bicyclic) bond motifs is 1. The summed E-state index contributed by atoms with van der Waals surface area (Å²) in [4.78, 5) is 4.58. The fourth-order valence-corrected chi connectivity index (χ4v) is 2.20. The zero-order valence-corrected chi connectivity index (χ0v) is 12.9. The van der Waals surface area contributed by atoms with Crippen molar-refractivity contribution in [3.05, 3.63) is 71.9 Å². The van der Waals surface area contributed by atoms with Crippen molar-refractivity contribution in [3.63, 3.8) is 0 Å². The van der Waals surface area contributed by atoms with Gasteiger partial charge in [-0.15, -0.1) is 24.0 Å². The Morgan fingerprint density at radius 1 is 0.905 bits per heavy atom. The van der Waals surface area contributed by atoms with Gasteiger partial charge in [0.2, 0.25) is 0 Å². The first-order valence-corrected chi connectivity index (χ1v) is 7.01. The Hall–Kier alpha value is -1.77. The molecule has 21 heavy (non-hydrogen) atoms. The number of hydrogen-bond acceptors (Lipinski definition) is 2. The molecule has 0 bridgehead atoms. The highest BCUT2D eigenvalue weighted by Gasteiger charge is 2.00. The van der Waals surface area contributed by atoms with Crippen LogP contribution in [0.4, 0.5) is 0 Å². The molecule has 0 fully saturated rings. The Morgan fingerprint density at radius 2 is 1.67 bits per heavy atom. The van der Waals surface area contributed by atoms with Crippen LogP contribution in [0.1, 0.15) is 11.3 Å². The van der Waals surface area contributed by atoms with Crippen molar-refractivity contribution in [2.45, 2.75) is 12.5 Å². The van der Waals surface area contributed by atoms with Gasteiger partial charge in [0.05, 0.1) is 11.2 Å². The van der Waals surface area contributed by atoms with E-state index in [0.29, 0.717) is 12.5 Å². The number of alkyl halides is 1. The highest BCUT2D eigenvalue weighted by molar-refractivity contribution is 6.17. The van der Waals surface area contributed by atoms with E-state index in [0.717, 1.165) is 27.9 Å². The van der Waals surface area contributed by atoms with E-state index in [-0.39, 0.29) is 12.4 Å². The van der Waals surface area contributed by atoms with Gasteiger partial charge in [-0.3, -0.25) is 0 Å². The van der Waals surface area contributed by atoms with Crippen LogP contribution >= 0.6 is 24.0 Å². The maximum absolute atomic E-state index is 5.76. The summed E-state index contributed by atoms with van der Waals surface area (Å²) in [5.74, 6) is 1.35. The standard InChI is InChI=1S/C17H14ClNO.ClH/c18-11-13-5-9-16(10-6-13)20-12-15-8-7-14-3-1-2-4-17(14)19-15;/h1-10H,11-12H2;1H. The second-order valence-corrected chi connectivity index (χ2v) is 4.83. The first-order valence-electron chi connectivity index (χ1n) is 6.47. The summed E-state index contributed by atoms with van der Waals surface area (Å²) in [6.07, 6.45) is 0. The van der Waals surface area contributed by atoms with E-state index in [1.165, 1.54) is 0 Å². The van der Waals surface area contributed by atoms with Gasteiger partial charge in [0.1, 0.15) is 12.4 Å². The number of benzene rings is 2. The molecule has 1 heterocycles. The van der Waals surface area contributed by atoms with Gasteiger partial charge in [-0.25, -0.2) is 4.98 Å². The molecule has 4 heteroatoms. The normalized spacial score (nSPS) is 10.1. The van der Waals surface area contributed by atoms with Crippen molar-refractivity contribution in [1.82, 2.24) is 4.98 Å². The summed E-state index contributed by atoms with van der Waals surface area (Å²) in [6, 6.07) is 19.9. The Morgan fingerprint density at radius 3 is 2.43 bits per heavy atom. The van der Waals surface area contributed by atoms with Crippen LogP contribution in [0.15, 0.2) is 60.7 Å². The monoisotopic (exact) mass is 319 g/mol. The van der Waals surface area contributed by atoms with E-state index < -0.39 is 0 Å². The molecule has 0 aliphatic rings. The van der Waals surface area contributed by atoms with Gasteiger partial charge in [0, 0.05) is 11.3 Å². The van der Waals surface area contributed by atoms with Gasteiger partial charge in [0.25, 0.3) is 0 Å². The van der Waals surface area contributed by atoms with Gasteiger partial charge in [-0.05, 0) is 29.8 Å². The first kappa shape index (κ1) is 15.6. The predicted molar refractivity (Wildman–Crippen MR) is 89.3 cm³/mol. The largest absolute Gasteiger partial charge is 0.487 e. The number of para-hydroxylation sites is 1. The summed E-state index contributed by atoms with van der Waals surface area (Å²) >= 11 is 5.76. The van der Waals surface area contributed by atoms with Crippen LogP contribution in [0.25, 0.3) is 10.9 Å². The number of rotatable bonds is 4. The van der Waals surface area contributed by atoms with Crippen LogP contribution in [0, 0.1) is 0 Å². The molecule has 0 aliphatic heterocycles. The van der Waals surface area contributed by atoms with Gasteiger partial charge in [-0.2, -0.15) is 0 Å². The summed E-state index contributed by atoms with van der Waals surface area (Å²) in [5.41, 5.74) is 3.00. The molecule has 3 rings (SSSR count). The lowest BCUT2D eigenvalue weighted by atomic mass is 10.2. The van der Waals surface area contributed by atoms with E-state index in [2.05, 4.69) is 17.1 Å². The second kappa shape index (κ2) is 7.30. The summed E-state index contributed by atoms with van der Waals surface area (Å²) in [7, 11) is 0. The topological polar surface area (TPSA) is 22.1 Å². The Bertz CT molecular complexity index is 713. The molecule has 0 saturated carbocycles. The van der Waals surface area contributed by atoms with Crippen LogP contribution in [0.5, 0.6) is 5.75 Å². The maximum Gasteiger partial charge on any atom is 0.130 e. The van der Waals surface area contributed by atoms with Crippen LogP contribution in [0.2, 0.25) is 0 Å². The Balaban J connectivity index is 0.00000161. The number of aromatic nitrogens is 1. The van der Waals surface area contributed by atoms with Crippen molar-refractivity contribution in [2.24, 2.45) is 0 Å². The van der Waals surface area contributed by atoms with Crippen molar-refractivity contribution in [2.75, 3.05) is 0 Å². The van der Waals surface area contributed by atoms with Gasteiger partial charge in [0.15, 0.2) is 0 Å². The number of pyridine rings is 1. The fourth-order valence-electron chi connectivity index (χ4n) is 2.02. The van der Waals surface area contributed by atoms with Crippen LogP contribution < -0.4 is 4.74 Å². The molecule has 0 spiro atoms. The lowest BCUT2D eigenvalue weighted by Crippen LogP contribution is -1.98. The lowest BCUT2D eigenvalue weighted by molar-refractivity contribution is 0.302. The molecule has 0 amide bonds. The summed E-state index contributed by atoms with van der Waals surface area (Å²) in [6.45, 7) is 0.463. The average Bonchev–Trinajstić information content (AvgIpc) is 2.53. The van der Waals surface area contributed by atoms with E-state index in [4.69, 9.17) is 16.3 Å². The molecule has 0 aliphatic carbocycles. The SMILES string of the molecule is Cl.ClCc1ccc(OCc2ccc3ccccc3n2)cc1. The van der Waals surface area contributed by atoms with Gasteiger partial charge in [-0.1, -0.05) is 36.4 Å². The highest BCUT2D eigenvalue weighted by Crippen LogP contribution is 2.16. The first-order chi connectivity index (χ1) is 9.85. The number of halogens is 2. The molecule has 2 nitrogen and oxygen atoms in total. The quantitative estimate of drug-likeness (QED) is 0.633. The highest BCUT2D eigenvalue weighted by atomic mass is 35.5. The van der Waals surface area contributed by atoms with Gasteiger partial charge >= 0.3 is 0 Å². The second-order valence-electron chi connectivity index (χ2n) is 4.56. The minimum absolute atomic E-state index is 0. The molecule has 0 radical (unpaired) electrons. The van der Waals surface area contributed by atoms with Crippen LogP contribution in [-0.2, 0) is 12.5 Å². The molecule has 1 aromatic heterocycles. The molecule has 0 N–H and O–H groups in total. The summed E-state index contributed by atoms with van der Waals surface area (Å²) < 4.78 is 5.73. The third kappa shape index (κ3) is 3.87. The van der Waals surface area contributed by atoms with Crippen LogP contribution in [-0.4, -0.2) is 4.98 Å². The van der Waals surface area contributed by atoms with E-state index in [9.17, 15) is 0 Å². The van der Waals surface area contributed by atoms with Crippen molar-refractivity contribution < 1.29 is 4.74 Å². The van der Waals surface area contributed by atoms with Crippen LogP contribution in [0.3, 0.4) is 0 Å². The lowest BCUT2D eigenvalue weighted by Gasteiger charge is -2.07. The fraction of sp³-hybridized carbons (Fsp3) is 0.118. The Kier molecular flexibility index (Phi) is 5.43. The van der Waals surface area contributed by atoms with E-state index in [1.54, 1.807) is 0 Å². The zero-order valence-electron chi connectivity index (χ0n) is 11.3. The molecule has 0 unspecified atom stereocenters. The van der Waals surface area contributed by atoms with Crippen molar-refractivity contribution in [1.29, 1.82) is 0 Å². The molecule has 2 aromatic carbocycles. The van der Waals surface area contributed by atoms with Crippen molar-refractivity contribution >= 4 is 34.9 Å². The Labute approximate surface area is 135 Å². The number of nitrogens with zero attached hydrogens (tertiary/aromatic N) is 1. The molecule has 3 aromatic rings. The van der Waals surface area contributed by atoms with E-state index in [1.807, 2.05) is 48.5 Å². The third-order valence-corrected chi connectivity index (χ3v) is 3.43. The number of hydrogen-bond donors (Lipinski definition) is 0. The maximum atomic E-state index is 5.76. The predicted octanol–water partition coefficient (Wildman–Crippen LogP) is 4.97. The summed E-state index contributed by atoms with van der Waals surface area (Å²) in [5, 5.41) is 1.14.